The zero-order valence-corrected chi connectivity index (χ0v) is 18.1. The molecule has 0 radical (unpaired) electrons. The Labute approximate surface area is 186 Å². The molecule has 1 aliphatic rings. The van der Waals surface area contributed by atoms with Crippen molar-refractivity contribution in [2.75, 3.05) is 18.6 Å². The van der Waals surface area contributed by atoms with Crippen LogP contribution < -0.4 is 20.9 Å². The summed E-state index contributed by atoms with van der Waals surface area (Å²) >= 11 is 6.13. The zero-order valence-electron chi connectivity index (χ0n) is 17.4. The fourth-order valence-electron chi connectivity index (χ4n) is 4.08. The molecule has 2 aromatic heterocycles. The third kappa shape index (κ3) is 3.00. The minimum Gasteiger partial charge on any atom is -0.497 e. The molecule has 32 heavy (non-hydrogen) atoms. The molecule has 164 valence electrons. The number of halogens is 2. The van der Waals surface area contributed by atoms with E-state index in [0.717, 1.165) is 10.3 Å². The second kappa shape index (κ2) is 7.52. The number of aromatic nitrogens is 4. The van der Waals surface area contributed by atoms with Gasteiger partial charge in [-0.3, -0.25) is 13.9 Å². The van der Waals surface area contributed by atoms with E-state index in [1.165, 1.54) is 22.8 Å². The molecule has 0 N–H and O–H groups in total. The number of nitrogens with zero attached hydrogens (tertiary/aromatic N) is 5. The molecule has 3 heterocycles. The van der Waals surface area contributed by atoms with E-state index in [1.807, 2.05) is 29.2 Å². The Morgan fingerprint density at radius 3 is 2.69 bits per heavy atom. The third-order valence-corrected chi connectivity index (χ3v) is 6.10. The van der Waals surface area contributed by atoms with Gasteiger partial charge < -0.3 is 14.2 Å². The number of fused-ring (bicyclic) bond motifs is 3. The Balaban J connectivity index is 1.68. The predicted octanol–water partition coefficient (Wildman–Crippen LogP) is 2.90. The summed E-state index contributed by atoms with van der Waals surface area (Å²) in [4.78, 5) is 32.9. The van der Waals surface area contributed by atoms with E-state index in [1.54, 1.807) is 18.7 Å². The first-order valence-electron chi connectivity index (χ1n) is 9.95. The van der Waals surface area contributed by atoms with Gasteiger partial charge in [0, 0.05) is 42.5 Å². The van der Waals surface area contributed by atoms with Gasteiger partial charge in [0.1, 0.15) is 11.6 Å². The van der Waals surface area contributed by atoms with Crippen molar-refractivity contribution in [1.82, 2.24) is 18.7 Å². The van der Waals surface area contributed by atoms with Gasteiger partial charge in [-0.15, -0.1) is 0 Å². The van der Waals surface area contributed by atoms with Crippen LogP contribution in [0.25, 0.3) is 11.2 Å². The molecular formula is C22H19ClFN5O3. The van der Waals surface area contributed by atoms with Crippen LogP contribution in [0.2, 0.25) is 5.02 Å². The minimum atomic E-state index is -0.591. The van der Waals surface area contributed by atoms with Crippen molar-refractivity contribution >= 4 is 34.4 Å². The molecule has 0 saturated heterocycles. The number of imidazole rings is 1. The normalized spacial score (nSPS) is 13.1. The van der Waals surface area contributed by atoms with E-state index >= 15 is 0 Å². The van der Waals surface area contributed by atoms with Crippen LogP contribution in [0.4, 0.5) is 16.0 Å². The number of hydrogen-bond acceptors (Lipinski definition) is 5. The molecule has 0 aliphatic carbocycles. The molecule has 10 heteroatoms. The fourth-order valence-corrected chi connectivity index (χ4v) is 4.30. The average molecular weight is 456 g/mol. The van der Waals surface area contributed by atoms with Gasteiger partial charge in [-0.25, -0.2) is 9.18 Å². The molecule has 0 amide bonds. The van der Waals surface area contributed by atoms with Gasteiger partial charge in [0.15, 0.2) is 11.2 Å². The van der Waals surface area contributed by atoms with Crippen LogP contribution in [0.3, 0.4) is 0 Å². The van der Waals surface area contributed by atoms with Gasteiger partial charge in [-0.05, 0) is 24.3 Å². The lowest BCUT2D eigenvalue weighted by Crippen LogP contribution is -2.40. The molecule has 4 aromatic rings. The quantitative estimate of drug-likeness (QED) is 0.473. The highest BCUT2D eigenvalue weighted by Gasteiger charge is 2.29. The Morgan fingerprint density at radius 2 is 1.94 bits per heavy atom. The summed E-state index contributed by atoms with van der Waals surface area (Å²) in [7, 11) is 3.14. The smallest absolute Gasteiger partial charge is 0.332 e. The molecule has 5 rings (SSSR count). The second-order valence-corrected chi connectivity index (χ2v) is 7.93. The van der Waals surface area contributed by atoms with E-state index in [2.05, 4.69) is 4.98 Å². The summed E-state index contributed by atoms with van der Waals surface area (Å²) in [6, 6.07) is 11.8. The SMILES string of the molecule is COc1cccc(N2CCn3c2nc2c3c(=O)n(Cc3c(F)cccc3Cl)c(=O)n2C)c1. The van der Waals surface area contributed by atoms with Gasteiger partial charge in [0.25, 0.3) is 5.56 Å². The molecule has 2 aromatic carbocycles. The Morgan fingerprint density at radius 1 is 1.16 bits per heavy atom. The molecule has 0 unspecified atom stereocenters. The number of rotatable bonds is 4. The second-order valence-electron chi connectivity index (χ2n) is 7.52. The van der Waals surface area contributed by atoms with Crippen LogP contribution in [0.1, 0.15) is 5.56 Å². The van der Waals surface area contributed by atoms with Crippen LogP contribution in [0.5, 0.6) is 5.75 Å². The van der Waals surface area contributed by atoms with Gasteiger partial charge in [0.05, 0.1) is 13.7 Å². The summed E-state index contributed by atoms with van der Waals surface area (Å²) in [6.45, 7) is 0.844. The molecule has 0 spiro atoms. The Bertz CT molecular complexity index is 1470. The minimum absolute atomic E-state index is 0.0897. The van der Waals surface area contributed by atoms with E-state index in [9.17, 15) is 14.0 Å². The molecular weight excluding hydrogens is 437 g/mol. The number of benzene rings is 2. The van der Waals surface area contributed by atoms with Crippen LogP contribution in [-0.4, -0.2) is 32.3 Å². The number of anilines is 2. The van der Waals surface area contributed by atoms with Crippen LogP contribution in [0, 0.1) is 5.82 Å². The summed E-state index contributed by atoms with van der Waals surface area (Å²) in [5.41, 5.74) is 0.396. The van der Waals surface area contributed by atoms with Gasteiger partial charge >= 0.3 is 5.69 Å². The standard InChI is InChI=1S/C22H19ClFN5O3/c1-26-19-18(20(30)29(22(26)31)12-15-16(23)7-4-8-17(15)24)28-10-9-27(21(28)25-19)13-5-3-6-14(11-13)32-2/h3-8,11H,9-10,12H2,1-2H3. The van der Waals surface area contributed by atoms with Gasteiger partial charge in [0.2, 0.25) is 5.95 Å². The van der Waals surface area contributed by atoms with Gasteiger partial charge in [-0.2, -0.15) is 4.98 Å². The Kier molecular flexibility index (Phi) is 4.78. The molecule has 0 atom stereocenters. The van der Waals surface area contributed by atoms with Gasteiger partial charge in [-0.1, -0.05) is 23.7 Å². The Hall–Kier alpha value is -3.59. The molecule has 0 bridgehead atoms. The predicted molar refractivity (Wildman–Crippen MR) is 120 cm³/mol. The molecule has 8 nitrogen and oxygen atoms in total. The summed E-state index contributed by atoms with van der Waals surface area (Å²) in [5.74, 6) is 0.685. The fraction of sp³-hybridized carbons (Fsp3) is 0.227. The van der Waals surface area contributed by atoms with Crippen LogP contribution >= 0.6 is 11.6 Å². The number of hydrogen-bond donors (Lipinski definition) is 0. The maximum atomic E-state index is 14.3. The van der Waals surface area contributed by atoms with Crippen LogP contribution in [-0.2, 0) is 20.1 Å². The summed E-state index contributed by atoms with van der Waals surface area (Å²) in [5, 5.41) is 0.154. The highest BCUT2D eigenvalue weighted by Crippen LogP contribution is 2.33. The van der Waals surface area contributed by atoms with Crippen molar-refractivity contribution in [2.24, 2.45) is 7.05 Å². The summed E-state index contributed by atoms with van der Waals surface area (Å²) in [6.07, 6.45) is 0. The number of ether oxygens (including phenoxy) is 1. The summed E-state index contributed by atoms with van der Waals surface area (Å²) < 4.78 is 23.7. The van der Waals surface area contributed by atoms with Crippen LogP contribution in [0.15, 0.2) is 52.1 Å². The number of aryl methyl sites for hydroxylation is 1. The van der Waals surface area contributed by atoms with E-state index < -0.39 is 17.1 Å². The highest BCUT2D eigenvalue weighted by molar-refractivity contribution is 6.31. The van der Waals surface area contributed by atoms with Crippen molar-refractivity contribution in [3.63, 3.8) is 0 Å². The monoisotopic (exact) mass is 455 g/mol. The lowest BCUT2D eigenvalue weighted by atomic mass is 10.2. The van der Waals surface area contributed by atoms with E-state index in [0.29, 0.717) is 30.3 Å². The maximum absolute atomic E-state index is 14.3. The maximum Gasteiger partial charge on any atom is 0.332 e. The highest BCUT2D eigenvalue weighted by atomic mass is 35.5. The largest absolute Gasteiger partial charge is 0.497 e. The zero-order chi connectivity index (χ0) is 22.6. The first kappa shape index (κ1) is 20.3. The topological polar surface area (TPSA) is 74.3 Å². The van der Waals surface area contributed by atoms with Crippen molar-refractivity contribution in [3.8, 4) is 5.75 Å². The average Bonchev–Trinajstić information content (AvgIpc) is 3.36. The van der Waals surface area contributed by atoms with Crippen molar-refractivity contribution < 1.29 is 9.13 Å². The lowest BCUT2D eigenvalue weighted by Gasteiger charge is -2.16. The molecule has 0 fully saturated rings. The third-order valence-electron chi connectivity index (χ3n) is 5.74. The molecule has 0 saturated carbocycles. The van der Waals surface area contributed by atoms with E-state index in [4.69, 9.17) is 16.3 Å². The van der Waals surface area contributed by atoms with Crippen molar-refractivity contribution in [2.45, 2.75) is 13.1 Å². The molecule has 1 aliphatic heterocycles. The van der Waals surface area contributed by atoms with Crippen molar-refractivity contribution in [1.29, 1.82) is 0 Å². The first-order chi connectivity index (χ1) is 15.4. The van der Waals surface area contributed by atoms with Crippen molar-refractivity contribution in [3.05, 3.63) is 79.7 Å². The first-order valence-corrected chi connectivity index (χ1v) is 10.3. The van der Waals surface area contributed by atoms with E-state index in [-0.39, 0.29) is 22.8 Å². The number of methoxy groups -OCH3 is 1. The lowest BCUT2D eigenvalue weighted by molar-refractivity contribution is 0.415.